The topological polar surface area (TPSA) is 12.4 Å². The molecule has 0 unspecified atom stereocenters. The molecular formula is C6H13NS. The molecule has 0 rings (SSSR count). The molecule has 0 fully saturated rings. The van der Waals surface area contributed by atoms with Gasteiger partial charge in [-0.1, -0.05) is 26.2 Å². The van der Waals surface area contributed by atoms with E-state index in [1.165, 1.54) is 25.7 Å². The SMILES string of the molecule is CCCCCCN=S. The Bertz CT molecular complexity index is 54.5. The largest absolute Gasteiger partial charge is 0.220 e. The summed E-state index contributed by atoms with van der Waals surface area (Å²) in [6.45, 7) is 3.07. The molecule has 0 N–H and O–H groups in total. The first kappa shape index (κ1) is 8.02. The Labute approximate surface area is 56.7 Å². The van der Waals surface area contributed by atoms with Crippen molar-refractivity contribution in [1.82, 2.24) is 0 Å². The molecule has 0 amide bonds. The maximum atomic E-state index is 4.43. The molecule has 0 atom stereocenters. The van der Waals surface area contributed by atoms with Gasteiger partial charge in [0.05, 0.1) is 6.54 Å². The van der Waals surface area contributed by atoms with Crippen molar-refractivity contribution in [3.8, 4) is 0 Å². The van der Waals surface area contributed by atoms with Gasteiger partial charge < -0.3 is 0 Å². The van der Waals surface area contributed by atoms with E-state index in [1.54, 1.807) is 0 Å². The van der Waals surface area contributed by atoms with E-state index in [-0.39, 0.29) is 0 Å². The van der Waals surface area contributed by atoms with Crippen LogP contribution in [-0.2, 0) is 12.4 Å². The molecule has 0 aliphatic rings. The van der Waals surface area contributed by atoms with Gasteiger partial charge in [0.15, 0.2) is 0 Å². The lowest BCUT2D eigenvalue weighted by atomic mass is 10.2. The summed E-state index contributed by atoms with van der Waals surface area (Å²) in [5, 5.41) is 0. The van der Waals surface area contributed by atoms with Crippen LogP contribution in [-0.4, -0.2) is 6.54 Å². The Morgan fingerprint density at radius 2 is 2.00 bits per heavy atom. The van der Waals surface area contributed by atoms with Crippen LogP contribution < -0.4 is 0 Å². The van der Waals surface area contributed by atoms with Gasteiger partial charge in [0.2, 0.25) is 0 Å². The zero-order chi connectivity index (χ0) is 6.24. The third-order valence-electron chi connectivity index (χ3n) is 1.10. The van der Waals surface area contributed by atoms with Crippen LogP contribution in [0.4, 0.5) is 0 Å². The maximum Gasteiger partial charge on any atom is 0.0521 e. The Balaban J connectivity index is 2.62. The molecule has 0 aliphatic carbocycles. The van der Waals surface area contributed by atoms with Crippen molar-refractivity contribution in [2.45, 2.75) is 32.6 Å². The first-order valence-electron chi connectivity index (χ1n) is 3.21. The van der Waals surface area contributed by atoms with Gasteiger partial charge in [0, 0.05) is 12.4 Å². The Morgan fingerprint density at radius 1 is 1.25 bits per heavy atom. The summed E-state index contributed by atoms with van der Waals surface area (Å²) in [6, 6.07) is 0. The number of rotatable bonds is 5. The van der Waals surface area contributed by atoms with Gasteiger partial charge in [-0.15, -0.1) is 0 Å². The summed E-state index contributed by atoms with van der Waals surface area (Å²) >= 11 is 4.43. The molecule has 0 aromatic heterocycles. The third kappa shape index (κ3) is 6.02. The monoisotopic (exact) mass is 131 g/mol. The van der Waals surface area contributed by atoms with Crippen molar-refractivity contribution in [3.63, 3.8) is 0 Å². The van der Waals surface area contributed by atoms with Gasteiger partial charge in [-0.3, -0.25) is 0 Å². The lowest BCUT2D eigenvalue weighted by Gasteiger charge is -1.90. The van der Waals surface area contributed by atoms with E-state index in [0.717, 1.165) is 6.54 Å². The maximum absolute atomic E-state index is 4.43. The van der Waals surface area contributed by atoms with E-state index in [9.17, 15) is 0 Å². The van der Waals surface area contributed by atoms with Crippen LogP contribution in [0.1, 0.15) is 32.6 Å². The van der Waals surface area contributed by atoms with Crippen LogP contribution in [0.3, 0.4) is 0 Å². The van der Waals surface area contributed by atoms with E-state index in [0.29, 0.717) is 0 Å². The first-order chi connectivity index (χ1) is 3.91. The first-order valence-corrected chi connectivity index (χ1v) is 3.57. The highest BCUT2D eigenvalue weighted by molar-refractivity contribution is 7.47. The highest BCUT2D eigenvalue weighted by atomic mass is 32.1. The molecule has 48 valence electrons. The predicted octanol–water partition coefficient (Wildman–Crippen LogP) is 2.30. The molecule has 2 heteroatoms. The van der Waals surface area contributed by atoms with E-state index in [1.807, 2.05) is 0 Å². The molecule has 0 aromatic rings. The van der Waals surface area contributed by atoms with Crippen molar-refractivity contribution in [2.24, 2.45) is 4.36 Å². The fraction of sp³-hybridized carbons (Fsp3) is 1.00. The van der Waals surface area contributed by atoms with E-state index >= 15 is 0 Å². The molecular weight excluding hydrogens is 118 g/mol. The minimum atomic E-state index is 0.870. The predicted molar refractivity (Wildman–Crippen MR) is 38.8 cm³/mol. The number of unbranched alkanes of at least 4 members (excludes halogenated alkanes) is 3. The van der Waals surface area contributed by atoms with Crippen molar-refractivity contribution < 1.29 is 0 Å². The fourth-order valence-corrected chi connectivity index (χ4v) is 0.732. The van der Waals surface area contributed by atoms with Crippen molar-refractivity contribution in [2.75, 3.05) is 6.54 Å². The average Bonchev–Trinajstić information content (AvgIpc) is 1.81. The van der Waals surface area contributed by atoms with E-state index < -0.39 is 0 Å². The molecule has 8 heavy (non-hydrogen) atoms. The lowest BCUT2D eigenvalue weighted by Crippen LogP contribution is -1.78. The summed E-state index contributed by atoms with van der Waals surface area (Å²) in [7, 11) is 0. The van der Waals surface area contributed by atoms with E-state index in [2.05, 4.69) is 23.7 Å². The summed E-state index contributed by atoms with van der Waals surface area (Å²) in [5.74, 6) is 0. The second-order valence-electron chi connectivity index (χ2n) is 1.91. The Hall–Kier alpha value is 0.0200. The Kier molecular flexibility index (Phi) is 7.04. The molecule has 0 spiro atoms. The smallest absolute Gasteiger partial charge is 0.0521 e. The van der Waals surface area contributed by atoms with Crippen LogP contribution in [0.15, 0.2) is 4.36 Å². The van der Waals surface area contributed by atoms with Crippen LogP contribution in [0, 0.1) is 0 Å². The molecule has 0 radical (unpaired) electrons. The fourth-order valence-electron chi connectivity index (χ4n) is 0.603. The van der Waals surface area contributed by atoms with Crippen LogP contribution in [0.25, 0.3) is 0 Å². The quantitative estimate of drug-likeness (QED) is 0.521. The second-order valence-corrected chi connectivity index (χ2v) is 2.17. The molecule has 0 bridgehead atoms. The highest BCUT2D eigenvalue weighted by Gasteiger charge is 1.82. The minimum Gasteiger partial charge on any atom is -0.220 e. The number of hydrogen-bond donors (Lipinski definition) is 0. The van der Waals surface area contributed by atoms with Crippen LogP contribution in [0.5, 0.6) is 0 Å². The number of nitrogens with zero attached hydrogens (tertiary/aromatic N) is 1. The molecule has 0 saturated carbocycles. The van der Waals surface area contributed by atoms with Crippen LogP contribution >= 0.6 is 0 Å². The third-order valence-corrected chi connectivity index (χ3v) is 1.29. The van der Waals surface area contributed by atoms with E-state index in [4.69, 9.17) is 0 Å². The van der Waals surface area contributed by atoms with Crippen LogP contribution in [0.2, 0.25) is 0 Å². The Morgan fingerprint density at radius 3 is 2.50 bits per heavy atom. The van der Waals surface area contributed by atoms with Crippen molar-refractivity contribution in [3.05, 3.63) is 0 Å². The zero-order valence-corrected chi connectivity index (χ0v) is 6.21. The standard InChI is InChI=1S/C6H13NS/c1-2-3-4-5-6-7-8/h2-6H2,1H3. The summed E-state index contributed by atoms with van der Waals surface area (Å²) in [5.41, 5.74) is 0. The van der Waals surface area contributed by atoms with Gasteiger partial charge in [0.25, 0.3) is 0 Å². The summed E-state index contributed by atoms with van der Waals surface area (Å²) in [4.78, 5) is 0. The van der Waals surface area contributed by atoms with Gasteiger partial charge in [-0.05, 0) is 6.42 Å². The van der Waals surface area contributed by atoms with Crippen molar-refractivity contribution >= 4 is 12.4 Å². The number of hydrogen-bond acceptors (Lipinski definition) is 2. The van der Waals surface area contributed by atoms with Gasteiger partial charge in [-0.25, -0.2) is 4.36 Å². The lowest BCUT2D eigenvalue weighted by molar-refractivity contribution is 0.677. The molecule has 0 heterocycles. The van der Waals surface area contributed by atoms with Gasteiger partial charge in [0.1, 0.15) is 0 Å². The van der Waals surface area contributed by atoms with Crippen molar-refractivity contribution in [1.29, 1.82) is 0 Å². The molecule has 0 saturated heterocycles. The highest BCUT2D eigenvalue weighted by Crippen LogP contribution is 1.97. The molecule has 0 aliphatic heterocycles. The average molecular weight is 131 g/mol. The summed E-state index contributed by atoms with van der Waals surface area (Å²) < 4.78 is 3.59. The molecule has 1 nitrogen and oxygen atoms in total. The normalized spacial score (nSPS) is 9.12. The van der Waals surface area contributed by atoms with Gasteiger partial charge >= 0.3 is 0 Å². The minimum absolute atomic E-state index is 0.870. The molecule has 0 aromatic carbocycles. The van der Waals surface area contributed by atoms with Gasteiger partial charge in [-0.2, -0.15) is 0 Å². The zero-order valence-electron chi connectivity index (χ0n) is 5.39. The second kappa shape index (κ2) is 7.02. The summed E-state index contributed by atoms with van der Waals surface area (Å²) in [6.07, 6.45) is 5.08.